The van der Waals surface area contributed by atoms with Gasteiger partial charge in [0.15, 0.2) is 0 Å². The van der Waals surface area contributed by atoms with Gasteiger partial charge in [-0.2, -0.15) is 10.2 Å². The Morgan fingerprint density at radius 2 is 1.93 bits per heavy atom. The van der Waals surface area contributed by atoms with Crippen molar-refractivity contribution in [2.45, 2.75) is 6.92 Å². The molecule has 2 rings (SSSR count). The minimum absolute atomic E-state index is 0.679. The molecular weight excluding hydrogens is 172 g/mol. The van der Waals surface area contributed by atoms with E-state index in [-0.39, 0.29) is 0 Å². The maximum Gasteiger partial charge on any atom is 0.0927 e. The summed E-state index contributed by atoms with van der Waals surface area (Å²) in [6, 6.07) is 10.1. The molecule has 0 atom stereocenters. The smallest absolute Gasteiger partial charge is 0.0927 e. The second-order valence-electron chi connectivity index (χ2n) is 3.27. The standard InChI is InChI=1S/C12H12N2/c1-10-7-8-13-14-12(9-10)11-5-3-2-4-6-11/h2-7,9H,8H2,1H3. The Labute approximate surface area is 83.7 Å². The minimum atomic E-state index is 0.679. The molecule has 2 heteroatoms. The molecule has 0 unspecified atom stereocenters. The van der Waals surface area contributed by atoms with E-state index in [0.717, 1.165) is 11.3 Å². The Hall–Kier alpha value is -1.70. The summed E-state index contributed by atoms with van der Waals surface area (Å²) in [5, 5.41) is 8.24. The SMILES string of the molecule is CC1=CCN=NC(c2ccccc2)=C1. The molecule has 0 bridgehead atoms. The number of allylic oxidation sites excluding steroid dienone is 2. The van der Waals surface area contributed by atoms with Crippen LogP contribution < -0.4 is 0 Å². The summed E-state index contributed by atoms with van der Waals surface area (Å²) in [5.41, 5.74) is 3.27. The van der Waals surface area contributed by atoms with Gasteiger partial charge in [0.05, 0.1) is 12.2 Å². The maximum atomic E-state index is 4.18. The molecule has 0 N–H and O–H groups in total. The van der Waals surface area contributed by atoms with Crippen LogP contribution in [0.2, 0.25) is 0 Å². The molecule has 0 radical (unpaired) electrons. The normalized spacial score (nSPS) is 15.8. The Morgan fingerprint density at radius 1 is 1.14 bits per heavy atom. The number of hydrogen-bond acceptors (Lipinski definition) is 2. The second kappa shape index (κ2) is 4.01. The van der Waals surface area contributed by atoms with Crippen molar-refractivity contribution in [3.63, 3.8) is 0 Å². The predicted molar refractivity (Wildman–Crippen MR) is 57.9 cm³/mol. The van der Waals surface area contributed by atoms with E-state index in [1.807, 2.05) is 30.3 Å². The molecule has 0 aromatic heterocycles. The average Bonchev–Trinajstić information content (AvgIpc) is 2.44. The Bertz CT molecular complexity index is 400. The summed E-state index contributed by atoms with van der Waals surface area (Å²) < 4.78 is 0. The molecular formula is C12H12N2. The first-order valence-corrected chi connectivity index (χ1v) is 4.67. The van der Waals surface area contributed by atoms with Gasteiger partial charge in [-0.15, -0.1) is 0 Å². The third-order valence-corrected chi connectivity index (χ3v) is 2.11. The van der Waals surface area contributed by atoms with Gasteiger partial charge in [0, 0.05) is 5.56 Å². The average molecular weight is 184 g/mol. The first-order valence-electron chi connectivity index (χ1n) is 4.67. The van der Waals surface area contributed by atoms with E-state index in [1.165, 1.54) is 5.57 Å². The first-order chi connectivity index (χ1) is 6.86. The summed E-state index contributed by atoms with van der Waals surface area (Å²) in [6.45, 7) is 2.75. The number of hydrogen-bond donors (Lipinski definition) is 0. The molecule has 1 aromatic carbocycles. The maximum absolute atomic E-state index is 4.18. The molecule has 0 fully saturated rings. The van der Waals surface area contributed by atoms with Gasteiger partial charge >= 0.3 is 0 Å². The second-order valence-corrected chi connectivity index (χ2v) is 3.27. The molecule has 0 spiro atoms. The van der Waals surface area contributed by atoms with Crippen LogP contribution in [0.15, 0.2) is 58.3 Å². The molecule has 0 amide bonds. The third-order valence-electron chi connectivity index (χ3n) is 2.11. The summed E-state index contributed by atoms with van der Waals surface area (Å²) >= 11 is 0. The summed E-state index contributed by atoms with van der Waals surface area (Å²) in [7, 11) is 0. The van der Waals surface area contributed by atoms with Gasteiger partial charge in [-0.3, -0.25) is 0 Å². The van der Waals surface area contributed by atoms with Crippen molar-refractivity contribution in [3.05, 3.63) is 53.6 Å². The van der Waals surface area contributed by atoms with Crippen LogP contribution in [0.1, 0.15) is 12.5 Å². The van der Waals surface area contributed by atoms with Crippen LogP contribution in [-0.2, 0) is 0 Å². The Balaban J connectivity index is 2.39. The van der Waals surface area contributed by atoms with E-state index in [4.69, 9.17) is 0 Å². The lowest BCUT2D eigenvalue weighted by Crippen LogP contribution is -1.79. The lowest BCUT2D eigenvalue weighted by Gasteiger charge is -1.98. The molecule has 1 aromatic rings. The fourth-order valence-corrected chi connectivity index (χ4v) is 1.36. The van der Waals surface area contributed by atoms with E-state index in [1.54, 1.807) is 0 Å². The first kappa shape index (κ1) is 8.88. The van der Waals surface area contributed by atoms with Crippen molar-refractivity contribution in [2.75, 3.05) is 6.54 Å². The minimum Gasteiger partial charge on any atom is -0.184 e. The molecule has 1 heterocycles. The van der Waals surface area contributed by atoms with Crippen molar-refractivity contribution in [1.82, 2.24) is 0 Å². The number of benzene rings is 1. The van der Waals surface area contributed by atoms with Crippen LogP contribution in [0.5, 0.6) is 0 Å². The van der Waals surface area contributed by atoms with Crippen LogP contribution in [0.25, 0.3) is 5.70 Å². The summed E-state index contributed by atoms with van der Waals surface area (Å²) in [6.07, 6.45) is 4.13. The third kappa shape index (κ3) is 1.96. The van der Waals surface area contributed by atoms with Crippen LogP contribution in [0.4, 0.5) is 0 Å². The highest BCUT2D eigenvalue weighted by atomic mass is 15.1. The van der Waals surface area contributed by atoms with Crippen LogP contribution in [-0.4, -0.2) is 6.54 Å². The van der Waals surface area contributed by atoms with Crippen LogP contribution in [0.3, 0.4) is 0 Å². The van der Waals surface area contributed by atoms with Gasteiger partial charge < -0.3 is 0 Å². The van der Waals surface area contributed by atoms with E-state index < -0.39 is 0 Å². The van der Waals surface area contributed by atoms with E-state index in [0.29, 0.717) is 6.54 Å². The van der Waals surface area contributed by atoms with E-state index in [2.05, 4.69) is 29.3 Å². The highest BCUT2D eigenvalue weighted by Crippen LogP contribution is 2.19. The lowest BCUT2D eigenvalue weighted by atomic mass is 10.1. The van der Waals surface area contributed by atoms with Gasteiger partial charge in [-0.25, -0.2) is 0 Å². The summed E-state index contributed by atoms with van der Waals surface area (Å²) in [4.78, 5) is 0. The number of rotatable bonds is 1. The highest BCUT2D eigenvalue weighted by Gasteiger charge is 2.01. The predicted octanol–water partition coefficient (Wildman–Crippen LogP) is 3.44. The zero-order valence-corrected chi connectivity index (χ0v) is 8.14. The fourth-order valence-electron chi connectivity index (χ4n) is 1.36. The zero-order chi connectivity index (χ0) is 9.80. The Kier molecular flexibility index (Phi) is 2.54. The molecule has 1 aliphatic heterocycles. The van der Waals surface area contributed by atoms with Crippen molar-refractivity contribution < 1.29 is 0 Å². The highest BCUT2D eigenvalue weighted by molar-refractivity contribution is 5.66. The molecule has 0 saturated carbocycles. The molecule has 1 aliphatic rings. The van der Waals surface area contributed by atoms with Crippen LogP contribution in [0, 0.1) is 0 Å². The topological polar surface area (TPSA) is 24.7 Å². The Morgan fingerprint density at radius 3 is 2.71 bits per heavy atom. The van der Waals surface area contributed by atoms with Crippen molar-refractivity contribution in [3.8, 4) is 0 Å². The summed E-state index contributed by atoms with van der Waals surface area (Å²) in [5.74, 6) is 0. The molecule has 70 valence electrons. The van der Waals surface area contributed by atoms with E-state index >= 15 is 0 Å². The largest absolute Gasteiger partial charge is 0.184 e. The van der Waals surface area contributed by atoms with Gasteiger partial charge in [-0.05, 0) is 13.0 Å². The van der Waals surface area contributed by atoms with Crippen LogP contribution >= 0.6 is 0 Å². The quantitative estimate of drug-likeness (QED) is 0.638. The van der Waals surface area contributed by atoms with Gasteiger partial charge in [0.2, 0.25) is 0 Å². The van der Waals surface area contributed by atoms with Gasteiger partial charge in [0.25, 0.3) is 0 Å². The van der Waals surface area contributed by atoms with E-state index in [9.17, 15) is 0 Å². The van der Waals surface area contributed by atoms with Crippen molar-refractivity contribution in [1.29, 1.82) is 0 Å². The van der Waals surface area contributed by atoms with Crippen molar-refractivity contribution >= 4 is 5.70 Å². The van der Waals surface area contributed by atoms with Crippen molar-refractivity contribution in [2.24, 2.45) is 10.2 Å². The fraction of sp³-hybridized carbons (Fsp3) is 0.167. The molecule has 2 nitrogen and oxygen atoms in total. The molecule has 0 saturated heterocycles. The van der Waals surface area contributed by atoms with Gasteiger partial charge in [-0.1, -0.05) is 42.0 Å². The van der Waals surface area contributed by atoms with Gasteiger partial charge in [0.1, 0.15) is 0 Å². The lowest BCUT2D eigenvalue weighted by molar-refractivity contribution is 1.08. The zero-order valence-electron chi connectivity index (χ0n) is 8.14. The molecule has 0 aliphatic carbocycles. The molecule has 14 heavy (non-hydrogen) atoms. The monoisotopic (exact) mass is 184 g/mol. The number of nitrogens with zero attached hydrogens (tertiary/aromatic N) is 2. The number of azo groups is 1.